The molecule has 10 heteroatoms. The average Bonchev–Trinajstić information content (AvgIpc) is 3.49. The number of anilines is 1. The van der Waals surface area contributed by atoms with Gasteiger partial charge < -0.3 is 11.1 Å². The van der Waals surface area contributed by atoms with Crippen LogP contribution in [0.1, 0.15) is 22.5 Å². The van der Waals surface area contributed by atoms with Gasteiger partial charge in [-0.15, -0.1) is 11.3 Å². The number of nitrogens with zero attached hydrogens (tertiary/aromatic N) is 5. The summed E-state index contributed by atoms with van der Waals surface area (Å²) in [6.45, 7) is 0.262. The van der Waals surface area contributed by atoms with E-state index in [1.807, 2.05) is 6.07 Å². The Balaban J connectivity index is 1.63. The Labute approximate surface area is 187 Å². The Bertz CT molecular complexity index is 1310. The molecule has 2 heterocycles. The van der Waals surface area contributed by atoms with Gasteiger partial charge in [-0.05, 0) is 36.4 Å². The maximum absolute atomic E-state index is 12.2. The van der Waals surface area contributed by atoms with Crippen molar-refractivity contribution in [3.05, 3.63) is 70.7 Å². The lowest BCUT2D eigenvalue weighted by atomic mass is 10.1. The summed E-state index contributed by atoms with van der Waals surface area (Å²) >= 11 is 1.35. The maximum atomic E-state index is 12.2. The van der Waals surface area contributed by atoms with Crippen LogP contribution in [0.15, 0.2) is 59.4 Å². The number of thiazole rings is 1. The van der Waals surface area contributed by atoms with E-state index in [9.17, 15) is 9.59 Å². The van der Waals surface area contributed by atoms with Crippen molar-refractivity contribution >= 4 is 28.8 Å². The SMILES string of the molecule is N#Cc1cccc(-c2nc(-c3ccc(NC(=O)c4cscn4)cc3)n(CCC(N)=O)n2)c1. The first-order chi connectivity index (χ1) is 15.5. The zero-order chi connectivity index (χ0) is 22.5. The Kier molecular flexibility index (Phi) is 6.00. The molecule has 2 aromatic heterocycles. The van der Waals surface area contributed by atoms with Crippen molar-refractivity contribution in [1.29, 1.82) is 5.26 Å². The third-order valence-electron chi connectivity index (χ3n) is 4.56. The summed E-state index contributed by atoms with van der Waals surface area (Å²) in [4.78, 5) is 32.1. The van der Waals surface area contributed by atoms with E-state index >= 15 is 0 Å². The third-order valence-corrected chi connectivity index (χ3v) is 5.14. The van der Waals surface area contributed by atoms with E-state index in [4.69, 9.17) is 11.0 Å². The van der Waals surface area contributed by atoms with E-state index in [0.717, 1.165) is 5.56 Å². The van der Waals surface area contributed by atoms with Gasteiger partial charge >= 0.3 is 0 Å². The van der Waals surface area contributed by atoms with Crippen LogP contribution >= 0.6 is 11.3 Å². The van der Waals surface area contributed by atoms with Crippen molar-refractivity contribution < 1.29 is 9.59 Å². The predicted molar refractivity (Wildman–Crippen MR) is 119 cm³/mol. The fraction of sp³-hybridized carbons (Fsp3) is 0.0909. The number of carbonyl (C=O) groups excluding carboxylic acids is 2. The molecule has 0 bridgehead atoms. The largest absolute Gasteiger partial charge is 0.370 e. The van der Waals surface area contributed by atoms with Crippen LogP contribution in [0.4, 0.5) is 5.69 Å². The number of hydrogen-bond donors (Lipinski definition) is 2. The van der Waals surface area contributed by atoms with Crippen LogP contribution in [0, 0.1) is 11.3 Å². The normalized spacial score (nSPS) is 10.5. The summed E-state index contributed by atoms with van der Waals surface area (Å²) in [6.07, 6.45) is 0.107. The molecule has 0 atom stereocenters. The minimum Gasteiger partial charge on any atom is -0.370 e. The summed E-state index contributed by atoms with van der Waals surface area (Å²) in [5.74, 6) is 0.242. The summed E-state index contributed by atoms with van der Waals surface area (Å²) in [5, 5.41) is 18.1. The van der Waals surface area contributed by atoms with Crippen LogP contribution in [-0.4, -0.2) is 31.6 Å². The Morgan fingerprint density at radius 1 is 1.16 bits per heavy atom. The highest BCUT2D eigenvalue weighted by Gasteiger charge is 2.15. The molecule has 4 rings (SSSR count). The highest BCUT2D eigenvalue weighted by atomic mass is 32.1. The summed E-state index contributed by atoms with van der Waals surface area (Å²) in [5.41, 5.74) is 9.81. The number of aryl methyl sites for hydroxylation is 1. The molecule has 2 amide bonds. The molecule has 0 fully saturated rings. The number of nitrogens with one attached hydrogen (secondary N) is 1. The zero-order valence-electron chi connectivity index (χ0n) is 16.7. The zero-order valence-corrected chi connectivity index (χ0v) is 17.5. The van der Waals surface area contributed by atoms with Crippen LogP contribution in [0.5, 0.6) is 0 Å². The van der Waals surface area contributed by atoms with E-state index < -0.39 is 5.91 Å². The molecule has 0 saturated heterocycles. The van der Waals surface area contributed by atoms with Gasteiger partial charge in [0.25, 0.3) is 5.91 Å². The van der Waals surface area contributed by atoms with Gasteiger partial charge in [-0.3, -0.25) is 9.59 Å². The van der Waals surface area contributed by atoms with Crippen molar-refractivity contribution in [3.8, 4) is 28.8 Å². The smallest absolute Gasteiger partial charge is 0.275 e. The van der Waals surface area contributed by atoms with Crippen LogP contribution in [0.2, 0.25) is 0 Å². The molecule has 0 aliphatic heterocycles. The number of rotatable bonds is 7. The van der Waals surface area contributed by atoms with Crippen molar-refractivity contribution in [3.63, 3.8) is 0 Å². The predicted octanol–water partition coefficient (Wildman–Crippen LogP) is 3.07. The van der Waals surface area contributed by atoms with Gasteiger partial charge in [0.2, 0.25) is 5.91 Å². The second kappa shape index (κ2) is 9.20. The summed E-state index contributed by atoms with van der Waals surface area (Å²) in [7, 11) is 0. The second-order valence-electron chi connectivity index (χ2n) is 6.80. The second-order valence-corrected chi connectivity index (χ2v) is 7.51. The first-order valence-corrected chi connectivity index (χ1v) is 10.5. The number of aromatic nitrogens is 4. The minimum absolute atomic E-state index is 0.107. The molecule has 0 unspecified atom stereocenters. The number of nitrogens with two attached hydrogens (primary N) is 1. The quantitative estimate of drug-likeness (QED) is 0.450. The Morgan fingerprint density at radius 2 is 1.97 bits per heavy atom. The van der Waals surface area contributed by atoms with Crippen molar-refractivity contribution in [2.75, 3.05) is 5.32 Å². The molecule has 9 nitrogen and oxygen atoms in total. The van der Waals surface area contributed by atoms with Crippen LogP contribution < -0.4 is 11.1 Å². The van der Waals surface area contributed by atoms with Gasteiger partial charge in [0.15, 0.2) is 11.6 Å². The van der Waals surface area contributed by atoms with Crippen LogP contribution in [0.25, 0.3) is 22.8 Å². The van der Waals surface area contributed by atoms with Gasteiger partial charge in [0.1, 0.15) is 5.69 Å². The van der Waals surface area contributed by atoms with Crippen LogP contribution in [0.3, 0.4) is 0 Å². The van der Waals surface area contributed by atoms with Gasteiger partial charge in [0, 0.05) is 28.6 Å². The van der Waals surface area contributed by atoms with Gasteiger partial charge in [-0.2, -0.15) is 10.4 Å². The topological polar surface area (TPSA) is 140 Å². The summed E-state index contributed by atoms with van der Waals surface area (Å²) in [6, 6.07) is 16.2. The molecule has 3 N–H and O–H groups in total. The maximum Gasteiger partial charge on any atom is 0.275 e. The van der Waals surface area contributed by atoms with E-state index in [0.29, 0.717) is 34.2 Å². The monoisotopic (exact) mass is 443 g/mol. The van der Waals surface area contributed by atoms with Gasteiger partial charge in [-0.25, -0.2) is 14.6 Å². The van der Waals surface area contributed by atoms with Gasteiger partial charge in [0.05, 0.1) is 23.7 Å². The van der Waals surface area contributed by atoms with Crippen LogP contribution in [-0.2, 0) is 11.3 Å². The first-order valence-electron chi connectivity index (χ1n) is 9.57. The molecule has 0 aliphatic rings. The van der Waals surface area contributed by atoms with Crippen molar-refractivity contribution in [1.82, 2.24) is 19.7 Å². The number of nitriles is 1. The molecular weight excluding hydrogens is 426 g/mol. The molecule has 4 aromatic rings. The van der Waals surface area contributed by atoms with E-state index in [-0.39, 0.29) is 18.9 Å². The Morgan fingerprint density at radius 3 is 2.66 bits per heavy atom. The van der Waals surface area contributed by atoms with E-state index in [1.54, 1.807) is 58.0 Å². The lowest BCUT2D eigenvalue weighted by molar-refractivity contribution is -0.118. The number of benzene rings is 2. The van der Waals surface area contributed by atoms with Crippen molar-refractivity contribution in [2.24, 2.45) is 5.73 Å². The summed E-state index contributed by atoms with van der Waals surface area (Å²) < 4.78 is 1.61. The molecule has 0 aliphatic carbocycles. The highest BCUT2D eigenvalue weighted by Crippen LogP contribution is 2.25. The first kappa shape index (κ1) is 20.9. The fourth-order valence-corrected chi connectivity index (χ4v) is 3.53. The molecule has 32 heavy (non-hydrogen) atoms. The van der Waals surface area contributed by atoms with E-state index in [1.165, 1.54) is 11.3 Å². The fourth-order valence-electron chi connectivity index (χ4n) is 3.00. The minimum atomic E-state index is -0.445. The van der Waals surface area contributed by atoms with E-state index in [2.05, 4.69) is 26.5 Å². The molecule has 158 valence electrons. The number of hydrogen-bond acceptors (Lipinski definition) is 7. The van der Waals surface area contributed by atoms with Crippen molar-refractivity contribution in [2.45, 2.75) is 13.0 Å². The molecule has 0 spiro atoms. The molecule has 2 aromatic carbocycles. The molecular formula is C22H17N7O2S. The Hall–Kier alpha value is -4.36. The number of amides is 2. The highest BCUT2D eigenvalue weighted by molar-refractivity contribution is 7.07. The third kappa shape index (κ3) is 4.69. The number of carbonyl (C=O) groups is 2. The molecule has 0 saturated carbocycles. The van der Waals surface area contributed by atoms with Gasteiger partial charge in [-0.1, -0.05) is 12.1 Å². The molecule has 0 radical (unpaired) electrons. The lowest BCUT2D eigenvalue weighted by Crippen LogP contribution is -2.15. The lowest BCUT2D eigenvalue weighted by Gasteiger charge is -2.07. The standard InChI is InChI=1S/C22H17N7O2S/c23-11-14-2-1-3-16(10-14)20-27-21(29(28-20)9-8-19(24)30)15-4-6-17(7-5-15)26-22(31)18-12-32-13-25-18/h1-7,10,12-13H,8-9H2,(H2,24,30)(H,26,31). The average molecular weight is 443 g/mol. The number of primary amides is 1.